The number of aromatic nitrogens is 2. The van der Waals surface area contributed by atoms with E-state index in [4.69, 9.17) is 27.9 Å². The van der Waals surface area contributed by atoms with Crippen molar-refractivity contribution in [3.8, 4) is 0 Å². The maximum Gasteiger partial charge on any atom is 0.254 e. The van der Waals surface area contributed by atoms with Gasteiger partial charge in [-0.05, 0) is 37.5 Å². The van der Waals surface area contributed by atoms with Crippen molar-refractivity contribution in [3.05, 3.63) is 51.3 Å². The van der Waals surface area contributed by atoms with Crippen molar-refractivity contribution in [1.29, 1.82) is 0 Å². The van der Waals surface area contributed by atoms with Crippen LogP contribution in [0, 0.1) is 6.92 Å². The normalized spacial score (nSPS) is 16.6. The lowest BCUT2D eigenvalue weighted by molar-refractivity contribution is 0.0487. The number of hydrogen-bond acceptors (Lipinski definition) is 3. The highest BCUT2D eigenvalue weighted by Crippen LogP contribution is 2.39. The Morgan fingerprint density at radius 1 is 1.36 bits per heavy atom. The summed E-state index contributed by atoms with van der Waals surface area (Å²) in [6.45, 7) is 3.65. The van der Waals surface area contributed by atoms with Crippen LogP contribution in [-0.4, -0.2) is 35.4 Å². The number of benzene rings is 1. The van der Waals surface area contributed by atoms with Crippen LogP contribution in [0.2, 0.25) is 10.0 Å². The number of ether oxygens (including phenoxy) is 1. The van der Waals surface area contributed by atoms with Gasteiger partial charge in [-0.2, -0.15) is 5.10 Å². The molecule has 5 nitrogen and oxygen atoms in total. The van der Waals surface area contributed by atoms with E-state index in [1.807, 2.05) is 26.1 Å². The predicted octanol–water partition coefficient (Wildman–Crippen LogP) is 3.51. The number of aryl methyl sites for hydroxylation is 1. The number of rotatable bonds is 4. The Morgan fingerprint density at radius 2 is 2.08 bits per heavy atom. The van der Waals surface area contributed by atoms with Crippen molar-refractivity contribution in [1.82, 2.24) is 15.1 Å². The molecule has 134 valence electrons. The Hall–Kier alpha value is -1.56. The van der Waals surface area contributed by atoms with Crippen molar-refractivity contribution in [2.24, 2.45) is 7.05 Å². The third-order valence-electron chi connectivity index (χ3n) is 5.02. The number of nitrogens with one attached hydrogen (secondary N) is 1. The molecule has 0 unspecified atom stereocenters. The molecule has 1 amide bonds. The van der Waals surface area contributed by atoms with Gasteiger partial charge in [-0.15, -0.1) is 0 Å². The van der Waals surface area contributed by atoms with Gasteiger partial charge in [-0.1, -0.05) is 29.3 Å². The lowest BCUT2D eigenvalue weighted by Crippen LogP contribution is -2.44. The second kappa shape index (κ2) is 7.36. The first kappa shape index (κ1) is 18.2. The summed E-state index contributed by atoms with van der Waals surface area (Å²) in [7, 11) is 1.82. The molecule has 1 aromatic carbocycles. The Kier molecular flexibility index (Phi) is 5.37. The van der Waals surface area contributed by atoms with Crippen LogP contribution >= 0.6 is 23.2 Å². The third-order valence-corrected chi connectivity index (χ3v) is 5.57. The van der Waals surface area contributed by atoms with Crippen LogP contribution in [0.4, 0.5) is 0 Å². The maximum atomic E-state index is 12.6. The third kappa shape index (κ3) is 3.68. The molecule has 0 radical (unpaired) electrons. The summed E-state index contributed by atoms with van der Waals surface area (Å²) in [6, 6.07) is 5.55. The first-order valence-electron chi connectivity index (χ1n) is 8.23. The van der Waals surface area contributed by atoms with Crippen LogP contribution in [0.1, 0.15) is 34.5 Å². The molecular formula is C18H21Cl2N3O2. The van der Waals surface area contributed by atoms with Crippen LogP contribution in [0.25, 0.3) is 0 Å². The molecule has 1 fully saturated rings. The molecule has 0 spiro atoms. The number of hydrogen-bond donors (Lipinski definition) is 1. The van der Waals surface area contributed by atoms with Crippen molar-refractivity contribution < 1.29 is 9.53 Å². The van der Waals surface area contributed by atoms with Gasteiger partial charge in [0.05, 0.1) is 11.8 Å². The second-order valence-corrected chi connectivity index (χ2v) is 7.31. The van der Waals surface area contributed by atoms with Crippen LogP contribution in [0.3, 0.4) is 0 Å². The lowest BCUT2D eigenvalue weighted by atomic mass is 9.74. The molecule has 0 aliphatic carbocycles. The van der Waals surface area contributed by atoms with E-state index < -0.39 is 0 Å². The molecule has 2 aromatic rings. The van der Waals surface area contributed by atoms with E-state index in [0.717, 1.165) is 24.1 Å². The van der Waals surface area contributed by atoms with E-state index in [0.29, 0.717) is 35.4 Å². The van der Waals surface area contributed by atoms with E-state index >= 15 is 0 Å². The highest BCUT2D eigenvalue weighted by Gasteiger charge is 2.36. The topological polar surface area (TPSA) is 56.1 Å². The molecular weight excluding hydrogens is 361 g/mol. The molecule has 1 aromatic heterocycles. The van der Waals surface area contributed by atoms with Gasteiger partial charge in [0.25, 0.3) is 5.91 Å². The molecule has 0 atom stereocenters. The van der Waals surface area contributed by atoms with E-state index in [1.165, 1.54) is 0 Å². The summed E-state index contributed by atoms with van der Waals surface area (Å²) < 4.78 is 7.22. The van der Waals surface area contributed by atoms with Gasteiger partial charge in [0, 0.05) is 48.0 Å². The summed E-state index contributed by atoms with van der Waals surface area (Å²) in [5.41, 5.74) is 2.17. The molecule has 0 saturated carbocycles. The van der Waals surface area contributed by atoms with Gasteiger partial charge in [0.1, 0.15) is 0 Å². The molecule has 3 rings (SSSR count). The minimum absolute atomic E-state index is 0.124. The zero-order valence-corrected chi connectivity index (χ0v) is 15.8. The standard InChI is InChI=1S/C18H21Cl2N3O2/c1-12-14(10-22-23(12)2)17(24)21-11-18(5-7-25-8-6-18)15-4-3-13(19)9-16(15)20/h3-4,9-10H,5-8,11H2,1-2H3,(H,21,24). The number of carbonyl (C=O) groups excluding carboxylic acids is 1. The number of halogens is 2. The van der Waals surface area contributed by atoms with E-state index in [-0.39, 0.29) is 11.3 Å². The highest BCUT2D eigenvalue weighted by molar-refractivity contribution is 6.35. The summed E-state index contributed by atoms with van der Waals surface area (Å²) in [5.74, 6) is -0.124. The molecule has 1 saturated heterocycles. The van der Waals surface area contributed by atoms with Crippen LogP contribution in [0.5, 0.6) is 0 Å². The Labute approximate surface area is 157 Å². The minimum Gasteiger partial charge on any atom is -0.381 e. The fourth-order valence-corrected chi connectivity index (χ4v) is 3.90. The van der Waals surface area contributed by atoms with Crippen molar-refractivity contribution in [2.45, 2.75) is 25.2 Å². The predicted molar refractivity (Wildman–Crippen MR) is 98.5 cm³/mol. The summed E-state index contributed by atoms with van der Waals surface area (Å²) in [5, 5.41) is 8.42. The van der Waals surface area contributed by atoms with E-state index in [1.54, 1.807) is 16.9 Å². The number of amides is 1. The van der Waals surface area contributed by atoms with Gasteiger partial charge in [-0.3, -0.25) is 9.48 Å². The van der Waals surface area contributed by atoms with Crippen LogP contribution in [-0.2, 0) is 17.2 Å². The highest BCUT2D eigenvalue weighted by atomic mass is 35.5. The average Bonchev–Trinajstić information content (AvgIpc) is 2.93. The Morgan fingerprint density at radius 3 is 2.68 bits per heavy atom. The smallest absolute Gasteiger partial charge is 0.254 e. The average molecular weight is 382 g/mol. The molecule has 7 heteroatoms. The maximum absolute atomic E-state index is 12.6. The monoisotopic (exact) mass is 381 g/mol. The van der Waals surface area contributed by atoms with Gasteiger partial charge in [0.2, 0.25) is 0 Å². The van der Waals surface area contributed by atoms with Gasteiger partial charge < -0.3 is 10.1 Å². The fraction of sp³-hybridized carbons (Fsp3) is 0.444. The summed E-state index contributed by atoms with van der Waals surface area (Å²) >= 11 is 12.5. The number of carbonyl (C=O) groups is 1. The van der Waals surface area contributed by atoms with Gasteiger partial charge in [-0.25, -0.2) is 0 Å². The molecule has 1 N–H and O–H groups in total. The molecule has 2 heterocycles. The second-order valence-electron chi connectivity index (χ2n) is 6.47. The van der Waals surface area contributed by atoms with Crippen molar-refractivity contribution >= 4 is 29.1 Å². The van der Waals surface area contributed by atoms with Crippen molar-refractivity contribution in [3.63, 3.8) is 0 Å². The van der Waals surface area contributed by atoms with E-state index in [2.05, 4.69) is 10.4 Å². The number of nitrogens with zero attached hydrogens (tertiary/aromatic N) is 2. The fourth-order valence-electron chi connectivity index (χ4n) is 3.29. The SMILES string of the molecule is Cc1c(C(=O)NCC2(c3ccc(Cl)cc3Cl)CCOCC2)cnn1C. The van der Waals surface area contributed by atoms with Crippen molar-refractivity contribution in [2.75, 3.05) is 19.8 Å². The summed E-state index contributed by atoms with van der Waals surface area (Å²) in [4.78, 5) is 12.6. The zero-order valence-electron chi connectivity index (χ0n) is 14.3. The van der Waals surface area contributed by atoms with Gasteiger partial charge >= 0.3 is 0 Å². The first-order chi connectivity index (χ1) is 11.9. The lowest BCUT2D eigenvalue weighted by Gasteiger charge is -2.38. The molecule has 1 aliphatic heterocycles. The largest absolute Gasteiger partial charge is 0.381 e. The quantitative estimate of drug-likeness (QED) is 0.881. The molecule has 25 heavy (non-hydrogen) atoms. The molecule has 1 aliphatic rings. The summed E-state index contributed by atoms with van der Waals surface area (Å²) in [6.07, 6.45) is 3.18. The van der Waals surface area contributed by atoms with Gasteiger partial charge in [0.15, 0.2) is 0 Å². The minimum atomic E-state index is -0.258. The Bertz CT molecular complexity index is 783. The van der Waals surface area contributed by atoms with E-state index in [9.17, 15) is 4.79 Å². The molecule has 0 bridgehead atoms. The Balaban J connectivity index is 1.84. The van der Waals surface area contributed by atoms with Crippen LogP contribution < -0.4 is 5.32 Å². The first-order valence-corrected chi connectivity index (χ1v) is 8.99. The van der Waals surface area contributed by atoms with Crippen LogP contribution in [0.15, 0.2) is 24.4 Å². The zero-order chi connectivity index (χ0) is 18.0.